The standard InChI is InChI=1S/C21H22FN3OS2/c1-13-23-20(19-16-5-3-4-6-17(16)28-21(19)24-13)27-12-18(26)25(2)11-14-7-9-15(22)10-8-14/h7-10H,3-6,11-12H2,1-2H3. The summed E-state index contributed by atoms with van der Waals surface area (Å²) in [7, 11) is 1.78. The minimum absolute atomic E-state index is 0.0304. The van der Waals surface area contributed by atoms with Gasteiger partial charge in [-0.15, -0.1) is 11.3 Å². The molecule has 0 atom stereocenters. The molecule has 146 valence electrons. The highest BCUT2D eigenvalue weighted by Crippen LogP contribution is 2.39. The minimum atomic E-state index is -0.268. The van der Waals surface area contributed by atoms with Crippen LogP contribution in [0.1, 0.15) is 34.7 Å². The molecule has 0 spiro atoms. The van der Waals surface area contributed by atoms with E-state index in [0.717, 1.165) is 39.5 Å². The van der Waals surface area contributed by atoms with Crippen molar-refractivity contribution in [2.24, 2.45) is 0 Å². The second-order valence-electron chi connectivity index (χ2n) is 7.13. The quantitative estimate of drug-likeness (QED) is 0.445. The Labute approximate surface area is 172 Å². The first-order valence-corrected chi connectivity index (χ1v) is 11.2. The molecule has 2 aromatic heterocycles. The number of hydrogen-bond donors (Lipinski definition) is 0. The first-order chi connectivity index (χ1) is 13.5. The van der Waals surface area contributed by atoms with E-state index in [0.29, 0.717) is 12.3 Å². The highest BCUT2D eigenvalue weighted by Gasteiger charge is 2.21. The van der Waals surface area contributed by atoms with Crippen molar-refractivity contribution >= 4 is 39.2 Å². The van der Waals surface area contributed by atoms with Crippen molar-refractivity contribution in [2.75, 3.05) is 12.8 Å². The topological polar surface area (TPSA) is 46.1 Å². The molecule has 0 unspecified atom stereocenters. The Morgan fingerprint density at radius 3 is 2.75 bits per heavy atom. The van der Waals surface area contributed by atoms with Crippen LogP contribution in [0, 0.1) is 12.7 Å². The lowest BCUT2D eigenvalue weighted by Gasteiger charge is -2.17. The molecule has 0 N–H and O–H groups in total. The number of benzene rings is 1. The molecule has 3 aromatic rings. The summed E-state index contributed by atoms with van der Waals surface area (Å²) in [5.74, 6) is 0.840. The Morgan fingerprint density at radius 2 is 1.96 bits per heavy atom. The van der Waals surface area contributed by atoms with E-state index in [1.807, 2.05) is 6.92 Å². The Bertz CT molecular complexity index is 1020. The van der Waals surface area contributed by atoms with Gasteiger partial charge in [0.25, 0.3) is 0 Å². The second kappa shape index (κ2) is 8.17. The van der Waals surface area contributed by atoms with Crippen LogP contribution in [0.25, 0.3) is 10.2 Å². The van der Waals surface area contributed by atoms with Crippen LogP contribution >= 0.6 is 23.1 Å². The van der Waals surface area contributed by atoms with Crippen molar-refractivity contribution in [1.82, 2.24) is 14.9 Å². The van der Waals surface area contributed by atoms with Crippen molar-refractivity contribution in [1.29, 1.82) is 0 Å². The molecular formula is C21H22FN3OS2. The van der Waals surface area contributed by atoms with Gasteiger partial charge in [0.1, 0.15) is 21.5 Å². The lowest BCUT2D eigenvalue weighted by atomic mass is 9.97. The van der Waals surface area contributed by atoms with Crippen LogP contribution in [0.5, 0.6) is 0 Å². The minimum Gasteiger partial charge on any atom is -0.341 e. The maximum absolute atomic E-state index is 13.0. The Hall–Kier alpha value is -1.99. The van der Waals surface area contributed by atoms with Gasteiger partial charge in [-0.3, -0.25) is 4.79 Å². The molecule has 1 aliphatic carbocycles. The molecule has 0 aliphatic heterocycles. The van der Waals surface area contributed by atoms with Crippen molar-refractivity contribution < 1.29 is 9.18 Å². The maximum atomic E-state index is 13.0. The lowest BCUT2D eigenvalue weighted by Crippen LogP contribution is -2.27. The van der Waals surface area contributed by atoms with E-state index >= 15 is 0 Å². The molecular weight excluding hydrogens is 393 g/mol. The van der Waals surface area contributed by atoms with Crippen LogP contribution < -0.4 is 0 Å². The molecule has 0 saturated heterocycles. The molecule has 0 bridgehead atoms. The van der Waals surface area contributed by atoms with Gasteiger partial charge in [0, 0.05) is 23.9 Å². The lowest BCUT2D eigenvalue weighted by molar-refractivity contribution is -0.127. The van der Waals surface area contributed by atoms with Crippen LogP contribution in [0.2, 0.25) is 0 Å². The zero-order chi connectivity index (χ0) is 19.7. The average molecular weight is 416 g/mol. The SMILES string of the molecule is Cc1nc(SCC(=O)N(C)Cc2ccc(F)cc2)c2c3c(sc2n1)CCCC3. The summed E-state index contributed by atoms with van der Waals surface area (Å²) in [6.07, 6.45) is 4.64. The number of rotatable bonds is 5. The fourth-order valence-corrected chi connectivity index (χ4v) is 5.94. The van der Waals surface area contributed by atoms with E-state index in [4.69, 9.17) is 0 Å². The number of hydrogen-bond acceptors (Lipinski definition) is 5. The second-order valence-corrected chi connectivity index (χ2v) is 9.18. The number of nitrogens with zero attached hydrogens (tertiary/aromatic N) is 3. The number of thioether (sulfide) groups is 1. The normalized spacial score (nSPS) is 13.5. The summed E-state index contributed by atoms with van der Waals surface area (Å²) in [4.78, 5) is 26.1. The summed E-state index contributed by atoms with van der Waals surface area (Å²) in [5, 5.41) is 2.08. The first kappa shape index (κ1) is 19.3. The van der Waals surface area contributed by atoms with Crippen LogP contribution in [0.15, 0.2) is 29.3 Å². The predicted octanol–water partition coefficient (Wildman–Crippen LogP) is 4.77. The van der Waals surface area contributed by atoms with Crippen molar-refractivity contribution in [3.05, 3.63) is 51.9 Å². The third kappa shape index (κ3) is 4.05. The predicted molar refractivity (Wildman–Crippen MR) is 112 cm³/mol. The summed E-state index contributed by atoms with van der Waals surface area (Å²) in [5.41, 5.74) is 2.30. The number of carbonyl (C=O) groups excluding carboxylic acids is 1. The number of amides is 1. The first-order valence-electron chi connectivity index (χ1n) is 9.41. The smallest absolute Gasteiger partial charge is 0.233 e. The fourth-order valence-electron chi connectivity index (χ4n) is 3.52. The average Bonchev–Trinajstić information content (AvgIpc) is 3.05. The molecule has 2 heterocycles. The van der Waals surface area contributed by atoms with Gasteiger partial charge in [0.15, 0.2) is 0 Å². The molecule has 1 aliphatic rings. The van der Waals surface area contributed by atoms with E-state index in [1.165, 1.54) is 47.2 Å². The van der Waals surface area contributed by atoms with Crippen LogP contribution in [0.3, 0.4) is 0 Å². The van der Waals surface area contributed by atoms with E-state index in [-0.39, 0.29) is 11.7 Å². The number of aromatic nitrogens is 2. The van der Waals surface area contributed by atoms with Crippen LogP contribution in [0.4, 0.5) is 4.39 Å². The maximum Gasteiger partial charge on any atom is 0.233 e. The summed E-state index contributed by atoms with van der Waals surface area (Å²) in [6, 6.07) is 6.26. The third-order valence-corrected chi connectivity index (χ3v) is 7.13. The van der Waals surface area contributed by atoms with Gasteiger partial charge < -0.3 is 4.90 Å². The van der Waals surface area contributed by atoms with Crippen molar-refractivity contribution in [3.8, 4) is 0 Å². The Morgan fingerprint density at radius 1 is 1.21 bits per heavy atom. The highest BCUT2D eigenvalue weighted by molar-refractivity contribution is 8.00. The number of halogens is 1. The molecule has 4 nitrogen and oxygen atoms in total. The number of carbonyl (C=O) groups is 1. The molecule has 0 radical (unpaired) electrons. The van der Waals surface area contributed by atoms with E-state index < -0.39 is 0 Å². The van der Waals surface area contributed by atoms with Crippen molar-refractivity contribution in [2.45, 2.75) is 44.2 Å². The summed E-state index contributed by atoms with van der Waals surface area (Å²) in [6.45, 7) is 2.37. The van der Waals surface area contributed by atoms with Crippen LogP contribution in [-0.2, 0) is 24.2 Å². The Balaban J connectivity index is 1.49. The highest BCUT2D eigenvalue weighted by atomic mass is 32.2. The van der Waals surface area contributed by atoms with Gasteiger partial charge in [-0.25, -0.2) is 14.4 Å². The molecule has 7 heteroatoms. The zero-order valence-electron chi connectivity index (χ0n) is 16.0. The summed E-state index contributed by atoms with van der Waals surface area (Å²) >= 11 is 3.28. The van der Waals surface area contributed by atoms with Crippen LogP contribution in [-0.4, -0.2) is 33.6 Å². The third-order valence-electron chi connectivity index (χ3n) is 4.98. The largest absolute Gasteiger partial charge is 0.341 e. The number of aryl methyl sites for hydroxylation is 3. The van der Waals surface area contributed by atoms with Gasteiger partial charge in [-0.1, -0.05) is 23.9 Å². The van der Waals surface area contributed by atoms with Crippen molar-refractivity contribution in [3.63, 3.8) is 0 Å². The molecule has 28 heavy (non-hydrogen) atoms. The van der Waals surface area contributed by atoms with Gasteiger partial charge in [-0.2, -0.15) is 0 Å². The molecule has 1 amide bonds. The van der Waals surface area contributed by atoms with E-state index in [9.17, 15) is 9.18 Å². The van der Waals surface area contributed by atoms with E-state index in [2.05, 4.69) is 9.97 Å². The zero-order valence-corrected chi connectivity index (χ0v) is 17.6. The molecule has 0 fully saturated rings. The Kier molecular flexibility index (Phi) is 5.64. The van der Waals surface area contributed by atoms with Gasteiger partial charge in [0.2, 0.25) is 5.91 Å². The van der Waals surface area contributed by atoms with Gasteiger partial charge in [-0.05, 0) is 55.9 Å². The number of fused-ring (bicyclic) bond motifs is 3. The van der Waals surface area contributed by atoms with Gasteiger partial charge in [0.05, 0.1) is 5.75 Å². The van der Waals surface area contributed by atoms with Gasteiger partial charge >= 0.3 is 0 Å². The molecule has 4 rings (SSSR count). The summed E-state index contributed by atoms with van der Waals surface area (Å²) < 4.78 is 13.0. The molecule has 0 saturated carbocycles. The molecule has 1 aromatic carbocycles. The monoisotopic (exact) mass is 415 g/mol. The number of thiophene rings is 1. The van der Waals surface area contributed by atoms with E-state index in [1.54, 1.807) is 35.4 Å². The fraction of sp³-hybridized carbons (Fsp3) is 0.381.